The van der Waals surface area contributed by atoms with Crippen molar-refractivity contribution < 1.29 is 22.7 Å². The summed E-state index contributed by atoms with van der Waals surface area (Å²) in [5, 5.41) is 0. The molecule has 0 spiro atoms. The zero-order valence-electron chi connectivity index (χ0n) is 18.5. The number of alkyl halides is 3. The zero-order valence-corrected chi connectivity index (χ0v) is 18.5. The van der Waals surface area contributed by atoms with Crippen molar-refractivity contribution in [3.8, 4) is 5.75 Å². The predicted molar refractivity (Wildman–Crippen MR) is 126 cm³/mol. The number of halogens is 3. The van der Waals surface area contributed by atoms with Crippen LogP contribution in [0.4, 0.5) is 18.9 Å². The maximum Gasteiger partial charge on any atom is 0.416 e. The van der Waals surface area contributed by atoms with Gasteiger partial charge in [0, 0.05) is 24.4 Å². The number of anilines is 1. The number of carbonyl (C=O) groups excluding carboxylic acids is 1. The highest BCUT2D eigenvalue weighted by molar-refractivity contribution is 6.15. The second-order valence-electron chi connectivity index (χ2n) is 8.69. The van der Waals surface area contributed by atoms with E-state index in [1.165, 1.54) is 18.6 Å². The van der Waals surface area contributed by atoms with Crippen molar-refractivity contribution in [2.24, 2.45) is 0 Å². The molecular formula is C28H24F3NO2. The van der Waals surface area contributed by atoms with Gasteiger partial charge in [0.05, 0.1) is 11.1 Å². The van der Waals surface area contributed by atoms with E-state index in [4.69, 9.17) is 4.74 Å². The highest BCUT2D eigenvalue weighted by atomic mass is 19.4. The Kier molecular flexibility index (Phi) is 5.90. The molecule has 6 heteroatoms. The van der Waals surface area contributed by atoms with Crippen molar-refractivity contribution in [3.63, 3.8) is 0 Å². The first-order valence-corrected chi connectivity index (χ1v) is 11.4. The molecule has 174 valence electrons. The van der Waals surface area contributed by atoms with E-state index in [0.29, 0.717) is 22.4 Å². The average Bonchev–Trinajstić information content (AvgIpc) is 2.86. The molecule has 3 aromatic carbocycles. The first-order chi connectivity index (χ1) is 16.4. The summed E-state index contributed by atoms with van der Waals surface area (Å²) in [7, 11) is 0. The molecule has 0 bridgehead atoms. The maximum absolute atomic E-state index is 13.7. The smallest absolute Gasteiger partial charge is 0.416 e. The second kappa shape index (κ2) is 9.01. The standard InChI is InChI=1S/C28H24F3NO2/c29-28(30,31)21-11-9-19(10-12-21)17-24-26(33)23-18-22(32-15-5-2-6-16-32)13-14-25(23)34-27(24)20-7-3-1-4-8-20/h1,3-4,7-14,17-18,27H,2,5-6,15-16H2/b24-17-. The third kappa shape index (κ3) is 4.45. The topological polar surface area (TPSA) is 29.5 Å². The molecule has 2 aliphatic heterocycles. The first kappa shape index (κ1) is 22.3. The zero-order chi connectivity index (χ0) is 23.7. The third-order valence-corrected chi connectivity index (χ3v) is 6.38. The van der Waals surface area contributed by atoms with Crippen LogP contribution in [-0.2, 0) is 6.18 Å². The van der Waals surface area contributed by atoms with Crippen LogP contribution in [0.15, 0.2) is 78.4 Å². The van der Waals surface area contributed by atoms with Gasteiger partial charge in [-0.1, -0.05) is 42.5 Å². The number of fused-ring (bicyclic) bond motifs is 1. The minimum Gasteiger partial charge on any atom is -0.480 e. The number of hydrogen-bond donors (Lipinski definition) is 0. The van der Waals surface area contributed by atoms with Crippen LogP contribution in [0.1, 0.15) is 52.4 Å². The minimum absolute atomic E-state index is 0.172. The molecule has 1 fully saturated rings. The molecule has 3 aromatic rings. The van der Waals surface area contributed by atoms with Gasteiger partial charge in [-0.3, -0.25) is 4.79 Å². The van der Waals surface area contributed by atoms with Gasteiger partial charge in [-0.15, -0.1) is 0 Å². The van der Waals surface area contributed by atoms with E-state index in [2.05, 4.69) is 4.90 Å². The Hall–Kier alpha value is -3.54. The van der Waals surface area contributed by atoms with Crippen LogP contribution in [0.5, 0.6) is 5.75 Å². The maximum atomic E-state index is 13.7. The highest BCUT2D eigenvalue weighted by Gasteiger charge is 2.34. The van der Waals surface area contributed by atoms with Gasteiger partial charge < -0.3 is 9.64 Å². The Morgan fingerprint density at radius 3 is 2.26 bits per heavy atom. The molecule has 3 nitrogen and oxygen atoms in total. The molecule has 0 radical (unpaired) electrons. The number of carbonyl (C=O) groups is 1. The van der Waals surface area contributed by atoms with Crippen LogP contribution in [0, 0.1) is 0 Å². The number of hydrogen-bond acceptors (Lipinski definition) is 3. The number of nitrogens with zero attached hydrogens (tertiary/aromatic N) is 1. The number of benzene rings is 3. The van der Waals surface area contributed by atoms with Gasteiger partial charge in [-0.05, 0) is 66.8 Å². The van der Waals surface area contributed by atoms with E-state index in [1.807, 2.05) is 48.5 Å². The summed E-state index contributed by atoms with van der Waals surface area (Å²) >= 11 is 0. The third-order valence-electron chi connectivity index (χ3n) is 6.38. The van der Waals surface area contributed by atoms with Crippen molar-refractivity contribution >= 4 is 17.5 Å². The van der Waals surface area contributed by atoms with Gasteiger partial charge in [0.1, 0.15) is 5.75 Å². The fourth-order valence-corrected chi connectivity index (χ4v) is 4.58. The van der Waals surface area contributed by atoms with Crippen molar-refractivity contribution in [1.82, 2.24) is 0 Å². The number of Topliss-reactive ketones (excluding diaryl/α,β-unsaturated/α-hetero) is 1. The first-order valence-electron chi connectivity index (χ1n) is 11.4. The lowest BCUT2D eigenvalue weighted by Crippen LogP contribution is -2.30. The Balaban J connectivity index is 1.55. The lowest BCUT2D eigenvalue weighted by molar-refractivity contribution is -0.137. The number of rotatable bonds is 3. The van der Waals surface area contributed by atoms with Gasteiger partial charge >= 0.3 is 6.18 Å². The molecule has 0 N–H and O–H groups in total. The molecule has 5 rings (SSSR count). The molecule has 0 saturated carbocycles. The second-order valence-corrected chi connectivity index (χ2v) is 8.69. The van der Waals surface area contributed by atoms with Crippen LogP contribution in [0.3, 0.4) is 0 Å². The summed E-state index contributed by atoms with van der Waals surface area (Å²) in [6, 6.07) is 19.9. The molecular weight excluding hydrogens is 439 g/mol. The van der Waals surface area contributed by atoms with Crippen LogP contribution < -0.4 is 9.64 Å². The van der Waals surface area contributed by atoms with Crippen molar-refractivity contribution in [3.05, 3.63) is 101 Å². The number of piperidine rings is 1. The summed E-state index contributed by atoms with van der Waals surface area (Å²) in [4.78, 5) is 16.0. The lowest BCUT2D eigenvalue weighted by Gasteiger charge is -2.32. The predicted octanol–water partition coefficient (Wildman–Crippen LogP) is 7.10. The Labute approximate surface area is 196 Å². The SMILES string of the molecule is O=C1/C(=C/c2ccc(C(F)(F)F)cc2)C(c2ccccc2)Oc2ccc(N3CCCCC3)cc21. The molecule has 0 aromatic heterocycles. The van der Waals surface area contributed by atoms with Crippen molar-refractivity contribution in [2.75, 3.05) is 18.0 Å². The van der Waals surface area contributed by atoms with Crippen molar-refractivity contribution in [1.29, 1.82) is 0 Å². The van der Waals surface area contributed by atoms with Gasteiger partial charge in [0.15, 0.2) is 11.9 Å². The van der Waals surface area contributed by atoms with Gasteiger partial charge in [0.25, 0.3) is 0 Å². The van der Waals surface area contributed by atoms with Gasteiger partial charge in [-0.2, -0.15) is 13.2 Å². The normalized spacial score (nSPS) is 19.6. The summed E-state index contributed by atoms with van der Waals surface area (Å²) in [5.74, 6) is 0.345. The van der Waals surface area contributed by atoms with E-state index < -0.39 is 17.8 Å². The quantitative estimate of drug-likeness (QED) is 0.388. The van der Waals surface area contributed by atoms with Crippen LogP contribution in [-0.4, -0.2) is 18.9 Å². The molecule has 34 heavy (non-hydrogen) atoms. The summed E-state index contributed by atoms with van der Waals surface area (Å²) in [5.41, 5.74) is 2.46. The number of ketones is 1. The molecule has 2 aliphatic rings. The van der Waals surface area contributed by atoms with E-state index in [-0.39, 0.29) is 5.78 Å². The molecule has 0 amide bonds. The number of ether oxygens (including phenoxy) is 1. The van der Waals surface area contributed by atoms with Gasteiger partial charge in [-0.25, -0.2) is 0 Å². The van der Waals surface area contributed by atoms with E-state index in [9.17, 15) is 18.0 Å². The summed E-state index contributed by atoms with van der Waals surface area (Å²) < 4.78 is 45.3. The van der Waals surface area contributed by atoms with Gasteiger partial charge in [0.2, 0.25) is 0 Å². The Morgan fingerprint density at radius 2 is 1.59 bits per heavy atom. The lowest BCUT2D eigenvalue weighted by atomic mass is 9.89. The monoisotopic (exact) mass is 463 g/mol. The Bertz CT molecular complexity index is 1210. The van der Waals surface area contributed by atoms with E-state index in [0.717, 1.165) is 49.3 Å². The molecule has 2 heterocycles. The summed E-state index contributed by atoms with van der Waals surface area (Å²) in [6.45, 7) is 1.91. The molecule has 0 aliphatic carbocycles. The molecule has 1 atom stereocenters. The Morgan fingerprint density at radius 1 is 0.882 bits per heavy atom. The minimum atomic E-state index is -4.41. The van der Waals surface area contributed by atoms with Crippen LogP contribution in [0.2, 0.25) is 0 Å². The largest absolute Gasteiger partial charge is 0.480 e. The molecule has 1 saturated heterocycles. The van der Waals surface area contributed by atoms with Crippen LogP contribution in [0.25, 0.3) is 6.08 Å². The summed E-state index contributed by atoms with van der Waals surface area (Å²) in [6.07, 6.45) is 0.0299. The average molecular weight is 463 g/mol. The van der Waals surface area contributed by atoms with Crippen LogP contribution >= 0.6 is 0 Å². The highest BCUT2D eigenvalue weighted by Crippen LogP contribution is 2.41. The van der Waals surface area contributed by atoms with Crippen molar-refractivity contribution in [2.45, 2.75) is 31.5 Å². The molecule has 1 unspecified atom stereocenters. The van der Waals surface area contributed by atoms with E-state index in [1.54, 1.807) is 6.08 Å². The fraction of sp³-hybridized carbons (Fsp3) is 0.250. The van der Waals surface area contributed by atoms with E-state index >= 15 is 0 Å². The fourth-order valence-electron chi connectivity index (χ4n) is 4.58.